The third-order valence-electron chi connectivity index (χ3n) is 4.06. The number of carbonyl (C=O) groups excluding carboxylic acids is 1. The molecule has 2 aromatic heterocycles. The second-order valence-corrected chi connectivity index (χ2v) is 5.48. The summed E-state index contributed by atoms with van der Waals surface area (Å²) in [5, 5.41) is 3.10. The maximum Gasteiger partial charge on any atom is 0.226 e. The van der Waals surface area contributed by atoms with Crippen molar-refractivity contribution >= 4 is 36.4 Å². The Kier molecular flexibility index (Phi) is 7.13. The van der Waals surface area contributed by atoms with Crippen molar-refractivity contribution in [2.75, 3.05) is 6.54 Å². The molecule has 3 N–H and O–H groups in total. The molecule has 0 aromatic carbocycles. The molecule has 0 saturated heterocycles. The Labute approximate surface area is 142 Å². The van der Waals surface area contributed by atoms with Crippen molar-refractivity contribution in [2.45, 2.75) is 31.7 Å². The number of amides is 1. The van der Waals surface area contributed by atoms with Gasteiger partial charge in [0.15, 0.2) is 0 Å². The van der Waals surface area contributed by atoms with E-state index in [2.05, 4.69) is 10.3 Å². The van der Waals surface area contributed by atoms with Crippen LogP contribution in [0, 0.1) is 5.92 Å². The molecule has 0 aliphatic heterocycles. The van der Waals surface area contributed by atoms with Gasteiger partial charge in [0.05, 0.1) is 12.1 Å². The largest absolute Gasteiger partial charge is 0.353 e. The van der Waals surface area contributed by atoms with Gasteiger partial charge in [0, 0.05) is 18.4 Å². The predicted molar refractivity (Wildman–Crippen MR) is 91.7 cm³/mol. The monoisotopic (exact) mass is 344 g/mol. The Bertz CT molecular complexity index is 583. The molecule has 2 unspecified atom stereocenters. The zero-order valence-electron chi connectivity index (χ0n) is 12.3. The highest BCUT2D eigenvalue weighted by Gasteiger charge is 2.27. The summed E-state index contributed by atoms with van der Waals surface area (Å²) in [6.07, 6.45) is 7.49. The first-order valence-electron chi connectivity index (χ1n) is 7.18. The first-order chi connectivity index (χ1) is 9.76. The van der Waals surface area contributed by atoms with Gasteiger partial charge in [-0.2, -0.15) is 0 Å². The molecule has 1 aliphatic rings. The summed E-state index contributed by atoms with van der Waals surface area (Å²) in [6, 6.07) is 6.06. The van der Waals surface area contributed by atoms with Gasteiger partial charge in [-0.25, -0.2) is 4.98 Å². The molecule has 2 heterocycles. The van der Waals surface area contributed by atoms with Crippen molar-refractivity contribution in [3.05, 3.63) is 36.3 Å². The van der Waals surface area contributed by atoms with E-state index in [9.17, 15) is 4.79 Å². The standard InChI is InChI=1S/C15H20N4O.2ClH/c16-9-11-4-3-5-13(11)18-15(20)8-12-10-19-7-2-1-6-14(19)17-12;;/h1-2,6-7,10-11,13H,3-5,8-9,16H2,(H,18,20);2*1H. The zero-order valence-corrected chi connectivity index (χ0v) is 13.9. The van der Waals surface area contributed by atoms with E-state index in [1.165, 1.54) is 0 Å². The fourth-order valence-corrected chi connectivity index (χ4v) is 3.00. The van der Waals surface area contributed by atoms with Gasteiger partial charge in [0.2, 0.25) is 5.91 Å². The minimum Gasteiger partial charge on any atom is -0.353 e. The number of halogens is 2. The van der Waals surface area contributed by atoms with Gasteiger partial charge in [0.25, 0.3) is 0 Å². The quantitative estimate of drug-likeness (QED) is 0.890. The van der Waals surface area contributed by atoms with Crippen LogP contribution in [-0.2, 0) is 11.2 Å². The Hall–Kier alpha value is -1.30. The smallest absolute Gasteiger partial charge is 0.226 e. The van der Waals surface area contributed by atoms with E-state index in [0.29, 0.717) is 18.9 Å². The number of imidazole rings is 1. The third kappa shape index (κ3) is 4.12. The Morgan fingerprint density at radius 3 is 2.91 bits per heavy atom. The summed E-state index contributed by atoms with van der Waals surface area (Å²) in [5.41, 5.74) is 7.41. The van der Waals surface area contributed by atoms with E-state index >= 15 is 0 Å². The lowest BCUT2D eigenvalue weighted by Gasteiger charge is -2.19. The zero-order chi connectivity index (χ0) is 13.9. The van der Waals surface area contributed by atoms with E-state index < -0.39 is 0 Å². The summed E-state index contributed by atoms with van der Waals surface area (Å²) in [4.78, 5) is 16.5. The van der Waals surface area contributed by atoms with Gasteiger partial charge >= 0.3 is 0 Å². The van der Waals surface area contributed by atoms with Crippen LogP contribution in [0.15, 0.2) is 30.6 Å². The number of nitrogens with one attached hydrogen (secondary N) is 1. The van der Waals surface area contributed by atoms with Crippen LogP contribution in [0.5, 0.6) is 0 Å². The van der Waals surface area contributed by atoms with Crippen molar-refractivity contribution in [3.63, 3.8) is 0 Å². The summed E-state index contributed by atoms with van der Waals surface area (Å²) < 4.78 is 1.93. The first kappa shape index (κ1) is 18.7. The fraction of sp³-hybridized carbons (Fsp3) is 0.467. The number of aromatic nitrogens is 2. The number of hydrogen-bond acceptors (Lipinski definition) is 3. The molecule has 0 radical (unpaired) electrons. The number of nitrogens with two attached hydrogens (primary N) is 1. The number of pyridine rings is 1. The summed E-state index contributed by atoms with van der Waals surface area (Å²) in [6.45, 7) is 0.652. The summed E-state index contributed by atoms with van der Waals surface area (Å²) >= 11 is 0. The van der Waals surface area contributed by atoms with Crippen LogP contribution in [0.25, 0.3) is 5.65 Å². The van der Waals surface area contributed by atoms with Gasteiger partial charge in [-0.05, 0) is 37.4 Å². The average molecular weight is 345 g/mol. The average Bonchev–Trinajstić information content (AvgIpc) is 3.03. The van der Waals surface area contributed by atoms with Crippen LogP contribution in [0.1, 0.15) is 25.0 Å². The molecule has 2 atom stereocenters. The molecule has 22 heavy (non-hydrogen) atoms. The third-order valence-corrected chi connectivity index (χ3v) is 4.06. The Morgan fingerprint density at radius 2 is 2.18 bits per heavy atom. The van der Waals surface area contributed by atoms with Crippen molar-refractivity contribution < 1.29 is 4.79 Å². The van der Waals surface area contributed by atoms with Crippen molar-refractivity contribution in [2.24, 2.45) is 11.7 Å². The number of hydrogen-bond donors (Lipinski definition) is 2. The van der Waals surface area contributed by atoms with E-state index in [-0.39, 0.29) is 36.8 Å². The van der Waals surface area contributed by atoms with Crippen LogP contribution in [0.2, 0.25) is 0 Å². The molecule has 1 saturated carbocycles. The van der Waals surface area contributed by atoms with E-state index in [4.69, 9.17) is 5.73 Å². The predicted octanol–water partition coefficient (Wildman–Crippen LogP) is 1.96. The summed E-state index contributed by atoms with van der Waals surface area (Å²) in [5.74, 6) is 0.471. The van der Waals surface area contributed by atoms with Crippen LogP contribution in [-0.4, -0.2) is 27.9 Å². The van der Waals surface area contributed by atoms with Crippen molar-refractivity contribution in [3.8, 4) is 0 Å². The second-order valence-electron chi connectivity index (χ2n) is 5.48. The van der Waals surface area contributed by atoms with Crippen molar-refractivity contribution in [1.29, 1.82) is 0 Å². The molecule has 1 amide bonds. The van der Waals surface area contributed by atoms with Crippen molar-refractivity contribution in [1.82, 2.24) is 14.7 Å². The van der Waals surface area contributed by atoms with Crippen LogP contribution >= 0.6 is 24.8 Å². The number of carbonyl (C=O) groups is 1. The Morgan fingerprint density at radius 1 is 1.36 bits per heavy atom. The molecule has 0 bridgehead atoms. The van der Waals surface area contributed by atoms with Crippen LogP contribution in [0.3, 0.4) is 0 Å². The number of rotatable bonds is 4. The maximum absolute atomic E-state index is 12.1. The highest BCUT2D eigenvalue weighted by atomic mass is 35.5. The lowest BCUT2D eigenvalue weighted by atomic mass is 10.0. The SMILES string of the molecule is Cl.Cl.NCC1CCCC1NC(=O)Cc1cn2ccccc2n1. The topological polar surface area (TPSA) is 72.4 Å². The normalized spacial score (nSPS) is 20.2. The Balaban J connectivity index is 0.00000121. The number of fused-ring (bicyclic) bond motifs is 1. The molecule has 122 valence electrons. The van der Waals surface area contributed by atoms with Gasteiger partial charge in [-0.15, -0.1) is 24.8 Å². The molecule has 5 nitrogen and oxygen atoms in total. The molecule has 1 fully saturated rings. The van der Waals surface area contributed by atoms with Gasteiger partial charge in [-0.1, -0.05) is 12.5 Å². The lowest BCUT2D eigenvalue weighted by Crippen LogP contribution is -2.40. The van der Waals surface area contributed by atoms with Gasteiger partial charge in [0.1, 0.15) is 5.65 Å². The highest BCUT2D eigenvalue weighted by Crippen LogP contribution is 2.24. The number of nitrogens with zero attached hydrogens (tertiary/aromatic N) is 2. The minimum atomic E-state index is 0. The van der Waals surface area contributed by atoms with E-state index in [1.54, 1.807) is 0 Å². The van der Waals surface area contributed by atoms with Crippen LogP contribution in [0.4, 0.5) is 0 Å². The molecule has 1 aliphatic carbocycles. The van der Waals surface area contributed by atoms with E-state index in [1.807, 2.05) is 35.0 Å². The second kappa shape index (κ2) is 8.36. The lowest BCUT2D eigenvalue weighted by molar-refractivity contribution is -0.121. The van der Waals surface area contributed by atoms with Crippen LogP contribution < -0.4 is 11.1 Å². The molecule has 7 heteroatoms. The molecule has 3 rings (SSSR count). The first-order valence-corrected chi connectivity index (χ1v) is 7.18. The fourth-order valence-electron chi connectivity index (χ4n) is 3.00. The molecule has 0 spiro atoms. The molecular formula is C15H22Cl2N4O. The highest BCUT2D eigenvalue weighted by molar-refractivity contribution is 5.85. The molecular weight excluding hydrogens is 323 g/mol. The van der Waals surface area contributed by atoms with Gasteiger partial charge < -0.3 is 15.5 Å². The minimum absolute atomic E-state index is 0. The molecule has 2 aromatic rings. The van der Waals surface area contributed by atoms with E-state index in [0.717, 1.165) is 30.6 Å². The maximum atomic E-state index is 12.1. The summed E-state index contributed by atoms with van der Waals surface area (Å²) in [7, 11) is 0. The van der Waals surface area contributed by atoms with Gasteiger partial charge in [-0.3, -0.25) is 4.79 Å².